The number of carbonyl (C=O) groups is 1. The third kappa shape index (κ3) is 4.31. The highest BCUT2D eigenvalue weighted by atomic mass is 35.5. The molecular formula is C15H14ClNO3S. The lowest BCUT2D eigenvalue weighted by molar-refractivity contribution is -0.113. The number of aromatic hydroxyl groups is 1. The average molecular weight is 324 g/mol. The van der Waals surface area contributed by atoms with Gasteiger partial charge in [0.2, 0.25) is 5.91 Å². The predicted octanol–water partition coefficient (Wildman–Crippen LogP) is 3.79. The summed E-state index contributed by atoms with van der Waals surface area (Å²) in [5.41, 5.74) is 0.521. The number of ether oxygens (including phenoxy) is 1. The number of methoxy groups -OCH3 is 1. The highest BCUT2D eigenvalue weighted by molar-refractivity contribution is 8.00. The summed E-state index contributed by atoms with van der Waals surface area (Å²) in [6, 6.07) is 11.9. The average Bonchev–Trinajstić information content (AvgIpc) is 2.47. The molecule has 0 aliphatic rings. The minimum absolute atomic E-state index is 0.163. The lowest BCUT2D eigenvalue weighted by atomic mass is 10.3. The fourth-order valence-corrected chi connectivity index (χ4v) is 2.61. The zero-order valence-corrected chi connectivity index (χ0v) is 12.9. The van der Waals surface area contributed by atoms with E-state index in [1.165, 1.54) is 18.9 Å². The molecule has 0 bridgehead atoms. The number of phenolic OH excluding ortho intramolecular Hbond substituents is 1. The molecule has 0 aromatic heterocycles. The molecule has 0 unspecified atom stereocenters. The first-order chi connectivity index (χ1) is 10.1. The van der Waals surface area contributed by atoms with Crippen molar-refractivity contribution in [3.8, 4) is 11.5 Å². The number of phenols is 1. The van der Waals surface area contributed by atoms with Crippen molar-refractivity contribution in [3.05, 3.63) is 47.5 Å². The van der Waals surface area contributed by atoms with E-state index >= 15 is 0 Å². The summed E-state index contributed by atoms with van der Waals surface area (Å²) in [5, 5.41) is 12.9. The van der Waals surface area contributed by atoms with Crippen molar-refractivity contribution in [3.63, 3.8) is 0 Å². The maximum atomic E-state index is 12.0. The summed E-state index contributed by atoms with van der Waals surface area (Å²) in [6.07, 6.45) is 0. The van der Waals surface area contributed by atoms with Crippen molar-refractivity contribution in [1.29, 1.82) is 0 Å². The predicted molar refractivity (Wildman–Crippen MR) is 85.5 cm³/mol. The van der Waals surface area contributed by atoms with Gasteiger partial charge in [0, 0.05) is 9.92 Å². The van der Waals surface area contributed by atoms with Crippen LogP contribution in [-0.4, -0.2) is 23.9 Å². The van der Waals surface area contributed by atoms with Crippen molar-refractivity contribution in [1.82, 2.24) is 0 Å². The van der Waals surface area contributed by atoms with Crippen LogP contribution in [-0.2, 0) is 4.79 Å². The van der Waals surface area contributed by atoms with Gasteiger partial charge in [-0.15, -0.1) is 11.8 Å². The highest BCUT2D eigenvalue weighted by Crippen LogP contribution is 2.30. The van der Waals surface area contributed by atoms with Crippen LogP contribution in [0.3, 0.4) is 0 Å². The van der Waals surface area contributed by atoms with E-state index in [0.717, 1.165) is 0 Å². The van der Waals surface area contributed by atoms with E-state index < -0.39 is 0 Å². The molecule has 110 valence electrons. The molecule has 0 saturated heterocycles. The van der Waals surface area contributed by atoms with Gasteiger partial charge in [-0.3, -0.25) is 4.79 Å². The van der Waals surface area contributed by atoms with Gasteiger partial charge < -0.3 is 15.2 Å². The molecule has 0 atom stereocenters. The topological polar surface area (TPSA) is 58.6 Å². The molecule has 0 aliphatic carbocycles. The Kier molecular flexibility index (Phi) is 5.36. The molecule has 0 spiro atoms. The highest BCUT2D eigenvalue weighted by Gasteiger charge is 2.10. The molecule has 0 radical (unpaired) electrons. The van der Waals surface area contributed by atoms with E-state index in [4.69, 9.17) is 16.3 Å². The van der Waals surface area contributed by atoms with Crippen LogP contribution in [0.1, 0.15) is 0 Å². The van der Waals surface area contributed by atoms with E-state index in [0.29, 0.717) is 21.4 Å². The molecule has 21 heavy (non-hydrogen) atoms. The Labute approximate surface area is 132 Å². The first-order valence-electron chi connectivity index (χ1n) is 6.14. The van der Waals surface area contributed by atoms with Crippen LogP contribution >= 0.6 is 23.4 Å². The Hall–Kier alpha value is -1.85. The molecule has 2 N–H and O–H groups in total. The number of hydrogen-bond acceptors (Lipinski definition) is 4. The number of amides is 1. The zero-order valence-electron chi connectivity index (χ0n) is 11.3. The molecule has 1 amide bonds. The van der Waals surface area contributed by atoms with Gasteiger partial charge in [0.05, 0.1) is 18.6 Å². The molecule has 6 heteroatoms. The minimum Gasteiger partial charge on any atom is -0.507 e. The van der Waals surface area contributed by atoms with Gasteiger partial charge >= 0.3 is 0 Å². The van der Waals surface area contributed by atoms with Crippen molar-refractivity contribution in [2.45, 2.75) is 4.90 Å². The van der Waals surface area contributed by atoms with E-state index in [1.807, 2.05) is 0 Å². The first-order valence-corrected chi connectivity index (χ1v) is 7.50. The maximum absolute atomic E-state index is 12.0. The summed E-state index contributed by atoms with van der Waals surface area (Å²) in [6.45, 7) is 0. The lowest BCUT2D eigenvalue weighted by Gasteiger charge is -2.10. The number of para-hydroxylation sites is 1. The molecule has 0 aliphatic heterocycles. The second-order valence-corrected chi connectivity index (χ2v) is 5.60. The van der Waals surface area contributed by atoms with E-state index in [1.54, 1.807) is 42.5 Å². The first kappa shape index (κ1) is 15.5. The summed E-state index contributed by atoms with van der Waals surface area (Å²) in [4.78, 5) is 12.6. The Morgan fingerprint density at radius 3 is 2.81 bits per heavy atom. The molecule has 0 heterocycles. The van der Waals surface area contributed by atoms with Gasteiger partial charge in [0.1, 0.15) is 11.5 Å². The SMILES string of the molecule is COc1ccc(Cl)cc1NC(=O)CSc1ccccc1O. The molecular weight excluding hydrogens is 310 g/mol. The summed E-state index contributed by atoms with van der Waals surface area (Å²) >= 11 is 7.16. The van der Waals surface area contributed by atoms with E-state index in [2.05, 4.69) is 5.32 Å². The fraction of sp³-hybridized carbons (Fsp3) is 0.133. The number of carbonyl (C=O) groups excluding carboxylic acids is 1. The van der Waals surface area contributed by atoms with Crippen molar-refractivity contribution in [2.75, 3.05) is 18.2 Å². The number of hydrogen-bond donors (Lipinski definition) is 2. The van der Waals surface area contributed by atoms with Crippen LogP contribution in [0.4, 0.5) is 5.69 Å². The maximum Gasteiger partial charge on any atom is 0.234 e. The van der Waals surface area contributed by atoms with Crippen LogP contribution in [0.2, 0.25) is 5.02 Å². The van der Waals surface area contributed by atoms with Crippen LogP contribution in [0.5, 0.6) is 11.5 Å². The second-order valence-electron chi connectivity index (χ2n) is 4.15. The molecule has 4 nitrogen and oxygen atoms in total. The Morgan fingerprint density at radius 2 is 2.10 bits per heavy atom. The van der Waals surface area contributed by atoms with Crippen LogP contribution in [0.25, 0.3) is 0 Å². The van der Waals surface area contributed by atoms with Crippen LogP contribution < -0.4 is 10.1 Å². The third-order valence-corrected chi connectivity index (χ3v) is 3.96. The molecule has 2 aromatic carbocycles. The molecule has 0 saturated carbocycles. The van der Waals surface area contributed by atoms with Gasteiger partial charge in [0.25, 0.3) is 0 Å². The van der Waals surface area contributed by atoms with Gasteiger partial charge in [-0.25, -0.2) is 0 Å². The van der Waals surface area contributed by atoms with Crippen LogP contribution in [0.15, 0.2) is 47.4 Å². The van der Waals surface area contributed by atoms with E-state index in [9.17, 15) is 9.90 Å². The van der Waals surface area contributed by atoms with Crippen molar-refractivity contribution < 1.29 is 14.6 Å². The number of thioether (sulfide) groups is 1. The number of benzene rings is 2. The minimum atomic E-state index is -0.205. The largest absolute Gasteiger partial charge is 0.507 e. The van der Waals surface area contributed by atoms with Gasteiger partial charge in [0.15, 0.2) is 0 Å². The second kappa shape index (κ2) is 7.24. The Bertz CT molecular complexity index is 649. The standard InChI is InChI=1S/C15H14ClNO3S/c1-20-13-7-6-10(16)8-11(13)17-15(19)9-21-14-5-3-2-4-12(14)18/h2-8,18H,9H2,1H3,(H,17,19). The van der Waals surface area contributed by atoms with Gasteiger partial charge in [-0.2, -0.15) is 0 Å². The van der Waals surface area contributed by atoms with Gasteiger partial charge in [-0.1, -0.05) is 23.7 Å². The normalized spacial score (nSPS) is 10.2. The molecule has 0 fully saturated rings. The molecule has 2 aromatic rings. The zero-order chi connectivity index (χ0) is 15.2. The quantitative estimate of drug-likeness (QED) is 0.822. The number of anilines is 1. The number of rotatable bonds is 5. The third-order valence-electron chi connectivity index (χ3n) is 2.66. The van der Waals surface area contributed by atoms with Crippen LogP contribution in [0, 0.1) is 0 Å². The fourth-order valence-electron chi connectivity index (χ4n) is 1.69. The number of nitrogens with one attached hydrogen (secondary N) is 1. The van der Waals surface area contributed by atoms with Gasteiger partial charge in [-0.05, 0) is 30.3 Å². The smallest absolute Gasteiger partial charge is 0.234 e. The van der Waals surface area contributed by atoms with Crippen molar-refractivity contribution in [2.24, 2.45) is 0 Å². The summed E-state index contributed by atoms with van der Waals surface area (Å²) in [5.74, 6) is 0.674. The lowest BCUT2D eigenvalue weighted by Crippen LogP contribution is -2.14. The van der Waals surface area contributed by atoms with Crippen molar-refractivity contribution >= 4 is 35.0 Å². The summed E-state index contributed by atoms with van der Waals surface area (Å²) in [7, 11) is 1.52. The number of halogens is 1. The van der Waals surface area contributed by atoms with E-state index in [-0.39, 0.29) is 17.4 Å². The molecule has 2 rings (SSSR count). The summed E-state index contributed by atoms with van der Waals surface area (Å²) < 4.78 is 5.16. The Morgan fingerprint density at radius 1 is 1.33 bits per heavy atom. The monoisotopic (exact) mass is 323 g/mol. The Balaban J connectivity index is 1.99.